The number of rotatable bonds is 3. The van der Waals surface area contributed by atoms with Crippen LogP contribution in [0.2, 0.25) is 0 Å². The van der Waals surface area contributed by atoms with Gasteiger partial charge in [0.05, 0.1) is 0 Å². The van der Waals surface area contributed by atoms with E-state index in [1.54, 1.807) is 17.7 Å². The van der Waals surface area contributed by atoms with E-state index < -0.39 is 5.60 Å². The van der Waals surface area contributed by atoms with Crippen LogP contribution in [0.15, 0.2) is 24.5 Å². The monoisotopic (exact) mass is 429 g/mol. The summed E-state index contributed by atoms with van der Waals surface area (Å²) in [5.74, 6) is -0.348. The van der Waals surface area contributed by atoms with Crippen molar-refractivity contribution >= 4 is 61.0 Å². The van der Waals surface area contributed by atoms with Gasteiger partial charge in [-0.2, -0.15) is 0 Å². The second-order valence-corrected chi connectivity index (χ2v) is 7.89. The maximum absolute atomic E-state index is 12.4. The number of urea groups is 1. The molecule has 0 saturated carbocycles. The van der Waals surface area contributed by atoms with E-state index >= 15 is 0 Å². The van der Waals surface area contributed by atoms with E-state index in [2.05, 4.69) is 37.5 Å². The van der Waals surface area contributed by atoms with E-state index in [4.69, 9.17) is 4.74 Å². The zero-order valence-electron chi connectivity index (χ0n) is 15.5. The van der Waals surface area contributed by atoms with Crippen LogP contribution in [0.5, 0.6) is 0 Å². The van der Waals surface area contributed by atoms with Crippen LogP contribution in [0.3, 0.4) is 0 Å². The summed E-state index contributed by atoms with van der Waals surface area (Å²) in [4.78, 5) is 32.6. The molecule has 0 aliphatic carbocycles. The van der Waals surface area contributed by atoms with Crippen molar-refractivity contribution in [3.8, 4) is 0 Å². The molecule has 2 radical (unpaired) electrons. The van der Waals surface area contributed by atoms with Crippen molar-refractivity contribution in [1.29, 1.82) is 0 Å². The van der Waals surface area contributed by atoms with Gasteiger partial charge >= 0.3 is 165 Å². The number of hydrogen-bond acceptors (Lipinski definition) is 5. The van der Waals surface area contributed by atoms with E-state index in [1.807, 2.05) is 32.9 Å². The summed E-state index contributed by atoms with van der Waals surface area (Å²) in [5.41, 5.74) is 1.51. The number of benzene rings is 1. The second kappa shape index (κ2) is 7.19. The van der Waals surface area contributed by atoms with Crippen LogP contribution in [0, 0.1) is 0 Å². The van der Waals surface area contributed by atoms with Crippen molar-refractivity contribution in [3.63, 3.8) is 0 Å². The van der Waals surface area contributed by atoms with Crippen LogP contribution >= 0.6 is 0 Å². The fourth-order valence-corrected chi connectivity index (χ4v) is 3.40. The van der Waals surface area contributed by atoms with Crippen LogP contribution in [0.25, 0.3) is 21.9 Å². The quantitative estimate of drug-likeness (QED) is 0.486. The van der Waals surface area contributed by atoms with Crippen molar-refractivity contribution in [1.82, 2.24) is 19.9 Å². The van der Waals surface area contributed by atoms with Crippen molar-refractivity contribution in [2.45, 2.75) is 32.9 Å². The van der Waals surface area contributed by atoms with Crippen molar-refractivity contribution in [3.05, 3.63) is 24.5 Å². The summed E-state index contributed by atoms with van der Waals surface area (Å²) in [6.07, 6.45) is 1.46. The summed E-state index contributed by atoms with van der Waals surface area (Å²) in [6, 6.07) is 5.16. The van der Waals surface area contributed by atoms with Gasteiger partial charge in [-0.3, -0.25) is 0 Å². The Balaban J connectivity index is 2.13. The first kappa shape index (κ1) is 19.2. The molecular formula is C18H20AsN5O3. The van der Waals surface area contributed by atoms with Crippen LogP contribution in [0.4, 0.5) is 10.5 Å². The van der Waals surface area contributed by atoms with Gasteiger partial charge in [0.25, 0.3) is 0 Å². The molecule has 0 fully saturated rings. The number of carbonyl (C=O) groups is 2. The van der Waals surface area contributed by atoms with Crippen LogP contribution < -0.4 is 15.1 Å². The molecule has 0 bridgehead atoms. The standard InChI is InChI=1S/C18H20AsN5O3/c1-18(2,3)27-13(25)8-24-12-6-5-10(23-17(26)20-4)7-11(12)14-15(19)21-9-22-16(14)24/h5-7,9H,8H2,1-4H3,(H2,20,23,26). The Bertz CT molecular complexity index is 1040. The molecule has 9 heteroatoms. The fourth-order valence-electron chi connectivity index (χ4n) is 2.83. The minimum atomic E-state index is -0.567. The summed E-state index contributed by atoms with van der Waals surface area (Å²) in [6.45, 7) is 5.52. The van der Waals surface area contributed by atoms with Gasteiger partial charge in [0.2, 0.25) is 0 Å². The molecule has 0 saturated heterocycles. The summed E-state index contributed by atoms with van der Waals surface area (Å²) in [5, 5.41) is 6.93. The number of anilines is 1. The van der Waals surface area contributed by atoms with Crippen molar-refractivity contribution < 1.29 is 14.3 Å². The molecule has 0 atom stereocenters. The van der Waals surface area contributed by atoms with Gasteiger partial charge in [0.1, 0.15) is 0 Å². The number of ether oxygens (including phenoxy) is 1. The van der Waals surface area contributed by atoms with E-state index in [0.717, 1.165) is 20.8 Å². The molecule has 8 nitrogen and oxygen atoms in total. The molecule has 140 valence electrons. The normalized spacial score (nSPS) is 11.6. The Hall–Kier alpha value is -2.60. The third-order valence-corrected chi connectivity index (χ3v) is 4.52. The SMILES string of the molecule is CNC(=O)Nc1ccc2c(c1)c1c([As])ncnc1n2CC(=O)OC(C)(C)C. The number of fused-ring (bicyclic) bond motifs is 3. The number of aromatic nitrogens is 3. The number of nitrogens with one attached hydrogen (secondary N) is 2. The van der Waals surface area contributed by atoms with E-state index in [-0.39, 0.29) is 18.5 Å². The maximum atomic E-state index is 12.4. The average molecular weight is 429 g/mol. The molecule has 3 aromatic rings. The first-order valence-electron chi connectivity index (χ1n) is 8.36. The summed E-state index contributed by atoms with van der Waals surface area (Å²) >= 11 is 2.41. The Morgan fingerprint density at radius 1 is 1.26 bits per heavy atom. The summed E-state index contributed by atoms with van der Waals surface area (Å²) < 4.78 is 8.00. The van der Waals surface area contributed by atoms with E-state index in [9.17, 15) is 9.59 Å². The van der Waals surface area contributed by atoms with Gasteiger partial charge in [-0.25, -0.2) is 0 Å². The predicted octanol–water partition coefficient (Wildman–Crippen LogP) is 1.47. The Morgan fingerprint density at radius 2 is 2.00 bits per heavy atom. The predicted molar refractivity (Wildman–Crippen MR) is 104 cm³/mol. The number of esters is 1. The summed E-state index contributed by atoms with van der Waals surface area (Å²) in [7, 11) is 1.55. The first-order valence-corrected chi connectivity index (χ1v) is 9.30. The van der Waals surface area contributed by atoms with Crippen LogP contribution in [-0.4, -0.2) is 56.0 Å². The third-order valence-electron chi connectivity index (χ3n) is 3.81. The van der Waals surface area contributed by atoms with Gasteiger partial charge < -0.3 is 0 Å². The van der Waals surface area contributed by atoms with Gasteiger partial charge in [0.15, 0.2) is 0 Å². The molecule has 1 aromatic carbocycles. The molecular weight excluding hydrogens is 409 g/mol. The minimum absolute atomic E-state index is 0.0307. The van der Waals surface area contributed by atoms with Crippen LogP contribution in [0.1, 0.15) is 20.8 Å². The van der Waals surface area contributed by atoms with Gasteiger partial charge in [-0.05, 0) is 0 Å². The Kier molecular flexibility index (Phi) is 5.11. The first-order chi connectivity index (χ1) is 12.7. The number of carbonyl (C=O) groups excluding carboxylic acids is 2. The van der Waals surface area contributed by atoms with Gasteiger partial charge in [-0.15, -0.1) is 0 Å². The third kappa shape index (κ3) is 4.06. The zero-order valence-corrected chi connectivity index (χ0v) is 17.4. The molecule has 2 heterocycles. The molecule has 0 spiro atoms. The van der Waals surface area contributed by atoms with Crippen molar-refractivity contribution in [2.75, 3.05) is 12.4 Å². The Labute approximate surface area is 165 Å². The Morgan fingerprint density at radius 3 is 2.67 bits per heavy atom. The van der Waals surface area contributed by atoms with E-state index in [1.165, 1.54) is 6.33 Å². The molecule has 2 amide bonds. The molecule has 0 aliphatic heterocycles. The number of amides is 2. The fraction of sp³-hybridized carbons (Fsp3) is 0.333. The topological polar surface area (TPSA) is 98.1 Å². The number of hydrogen-bond donors (Lipinski definition) is 2. The zero-order chi connectivity index (χ0) is 19.8. The van der Waals surface area contributed by atoms with Gasteiger partial charge in [-0.1, -0.05) is 0 Å². The molecule has 27 heavy (non-hydrogen) atoms. The van der Waals surface area contributed by atoms with Gasteiger partial charge in [0, 0.05) is 0 Å². The molecule has 0 unspecified atom stereocenters. The number of nitrogens with zero attached hydrogens (tertiary/aromatic N) is 3. The molecule has 2 N–H and O–H groups in total. The van der Waals surface area contributed by atoms with E-state index in [0.29, 0.717) is 11.3 Å². The molecule has 2 aromatic heterocycles. The van der Waals surface area contributed by atoms with Crippen LogP contribution in [-0.2, 0) is 16.1 Å². The molecule has 0 aliphatic rings. The average Bonchev–Trinajstić information content (AvgIpc) is 2.87. The second-order valence-electron chi connectivity index (χ2n) is 7.00. The van der Waals surface area contributed by atoms with Crippen molar-refractivity contribution in [2.24, 2.45) is 0 Å². The molecule has 3 rings (SSSR count).